The maximum Gasteiger partial charge on any atom is 0.185 e. The summed E-state index contributed by atoms with van der Waals surface area (Å²) in [5.74, 6) is 2.18. The molecule has 4 aromatic rings. The van der Waals surface area contributed by atoms with E-state index >= 15 is 0 Å². The van der Waals surface area contributed by atoms with Gasteiger partial charge in [-0.1, -0.05) is 60.7 Å². The molecule has 5 rings (SSSR count). The molecule has 0 bridgehead atoms. The van der Waals surface area contributed by atoms with Crippen LogP contribution in [0.2, 0.25) is 0 Å². The average molecular weight is 513 g/mol. The van der Waals surface area contributed by atoms with Crippen LogP contribution in [-0.4, -0.2) is 38.3 Å². The number of nitrogens with one attached hydrogen (secondary N) is 1. The van der Waals surface area contributed by atoms with Crippen LogP contribution >= 0.6 is 0 Å². The van der Waals surface area contributed by atoms with Gasteiger partial charge in [-0.15, -0.1) is 0 Å². The summed E-state index contributed by atoms with van der Waals surface area (Å²) in [6, 6.07) is 27.2. The van der Waals surface area contributed by atoms with Crippen LogP contribution in [-0.2, 0) is 18.9 Å². The maximum absolute atomic E-state index is 12.3. The van der Waals surface area contributed by atoms with Crippen molar-refractivity contribution in [3.8, 4) is 23.0 Å². The van der Waals surface area contributed by atoms with E-state index in [0.29, 0.717) is 58.7 Å². The highest BCUT2D eigenvalue weighted by Crippen LogP contribution is 2.54. The molecule has 0 saturated heterocycles. The summed E-state index contributed by atoms with van der Waals surface area (Å²) in [4.78, 5) is 1.76. The predicted octanol–water partition coefficient (Wildman–Crippen LogP) is 5.67. The zero-order chi connectivity index (χ0) is 26.7. The molecule has 4 aromatic carbocycles. The smallest absolute Gasteiger partial charge is 0.185 e. The standard InChI is InChI=1S/C31H32N2O5/c1-33(2)31(34)24-15-16-26(37-19-21-11-7-5-8-12-21)30(38-20-22-13-9-6-10-14-22)29(24)32-25-17-23(35-3)18-27(36-4)28(25)31/h5-18,32,34H,19-20H2,1-4H3. The number of hydrogen-bond donors (Lipinski definition) is 2. The van der Waals surface area contributed by atoms with E-state index < -0.39 is 5.72 Å². The minimum absolute atomic E-state index is 0.329. The molecule has 0 radical (unpaired) electrons. The van der Waals surface area contributed by atoms with Gasteiger partial charge in [0, 0.05) is 17.7 Å². The molecule has 1 atom stereocenters. The van der Waals surface area contributed by atoms with Gasteiger partial charge in [-0.05, 0) is 37.4 Å². The van der Waals surface area contributed by atoms with Gasteiger partial charge in [0.15, 0.2) is 17.2 Å². The quantitative estimate of drug-likeness (QED) is 0.280. The first kappa shape index (κ1) is 25.4. The normalized spacial score (nSPS) is 15.7. The van der Waals surface area contributed by atoms with Gasteiger partial charge in [-0.2, -0.15) is 0 Å². The number of benzene rings is 4. The molecule has 7 heteroatoms. The van der Waals surface area contributed by atoms with Crippen LogP contribution in [0.1, 0.15) is 22.3 Å². The van der Waals surface area contributed by atoms with Crippen molar-refractivity contribution in [1.29, 1.82) is 0 Å². The number of anilines is 2. The first-order valence-electron chi connectivity index (χ1n) is 12.4. The number of aliphatic hydroxyl groups is 1. The second kappa shape index (κ2) is 10.7. The molecule has 196 valence electrons. The second-order valence-corrected chi connectivity index (χ2v) is 9.31. The Balaban J connectivity index is 1.64. The molecule has 0 amide bonds. The monoisotopic (exact) mass is 512 g/mol. The van der Waals surface area contributed by atoms with E-state index in [0.717, 1.165) is 11.1 Å². The van der Waals surface area contributed by atoms with E-state index in [2.05, 4.69) is 5.32 Å². The highest BCUT2D eigenvalue weighted by molar-refractivity contribution is 5.83. The first-order chi connectivity index (χ1) is 18.5. The predicted molar refractivity (Wildman–Crippen MR) is 148 cm³/mol. The molecule has 2 N–H and O–H groups in total. The minimum atomic E-state index is -1.52. The zero-order valence-corrected chi connectivity index (χ0v) is 22.0. The molecule has 0 spiro atoms. The second-order valence-electron chi connectivity index (χ2n) is 9.31. The fourth-order valence-electron chi connectivity index (χ4n) is 4.76. The van der Waals surface area contributed by atoms with Crippen molar-refractivity contribution in [3.05, 3.63) is 107 Å². The van der Waals surface area contributed by atoms with Gasteiger partial charge in [0.25, 0.3) is 0 Å². The van der Waals surface area contributed by atoms with Crippen LogP contribution in [0.25, 0.3) is 0 Å². The largest absolute Gasteiger partial charge is 0.497 e. The Morgan fingerprint density at radius 3 is 1.97 bits per heavy atom. The summed E-state index contributed by atoms with van der Waals surface area (Å²) in [5, 5.41) is 15.8. The third-order valence-corrected chi connectivity index (χ3v) is 6.75. The van der Waals surface area contributed by atoms with E-state index in [1.807, 2.05) is 93.0 Å². The lowest BCUT2D eigenvalue weighted by atomic mass is 9.86. The molecule has 1 aliphatic rings. The Morgan fingerprint density at radius 1 is 0.763 bits per heavy atom. The number of methoxy groups -OCH3 is 2. The van der Waals surface area contributed by atoms with E-state index in [1.165, 1.54) is 0 Å². The summed E-state index contributed by atoms with van der Waals surface area (Å²) < 4.78 is 23.9. The summed E-state index contributed by atoms with van der Waals surface area (Å²) in [7, 11) is 6.83. The Bertz CT molecular complexity index is 1410. The lowest BCUT2D eigenvalue weighted by molar-refractivity contribution is -0.0522. The average Bonchev–Trinajstić information content (AvgIpc) is 2.95. The van der Waals surface area contributed by atoms with Crippen molar-refractivity contribution in [1.82, 2.24) is 4.90 Å². The van der Waals surface area contributed by atoms with Crippen LogP contribution in [0, 0.1) is 0 Å². The molecular weight excluding hydrogens is 480 g/mol. The van der Waals surface area contributed by atoms with Crippen molar-refractivity contribution in [2.75, 3.05) is 33.6 Å². The van der Waals surface area contributed by atoms with Crippen molar-refractivity contribution in [2.24, 2.45) is 0 Å². The fraction of sp³-hybridized carbons (Fsp3) is 0.226. The lowest BCUT2D eigenvalue weighted by Gasteiger charge is -2.42. The Hall–Kier alpha value is -4.20. The van der Waals surface area contributed by atoms with Gasteiger partial charge >= 0.3 is 0 Å². The number of ether oxygens (including phenoxy) is 4. The molecule has 7 nitrogen and oxygen atoms in total. The third kappa shape index (κ3) is 4.62. The van der Waals surface area contributed by atoms with Gasteiger partial charge in [0.05, 0.1) is 31.2 Å². The van der Waals surface area contributed by atoms with Crippen molar-refractivity contribution >= 4 is 11.4 Å². The van der Waals surface area contributed by atoms with E-state index in [9.17, 15) is 5.11 Å². The molecule has 0 saturated carbocycles. The molecule has 1 unspecified atom stereocenters. The fourth-order valence-corrected chi connectivity index (χ4v) is 4.76. The van der Waals surface area contributed by atoms with Gasteiger partial charge in [-0.25, -0.2) is 0 Å². The van der Waals surface area contributed by atoms with Crippen molar-refractivity contribution in [3.63, 3.8) is 0 Å². The highest BCUT2D eigenvalue weighted by atomic mass is 16.5. The maximum atomic E-state index is 12.3. The van der Waals surface area contributed by atoms with Crippen LogP contribution < -0.4 is 24.3 Å². The number of rotatable bonds is 9. The molecule has 1 heterocycles. The van der Waals surface area contributed by atoms with Gasteiger partial charge < -0.3 is 29.4 Å². The van der Waals surface area contributed by atoms with E-state index in [1.54, 1.807) is 25.2 Å². The molecule has 0 aromatic heterocycles. The molecule has 0 fully saturated rings. The molecule has 1 aliphatic heterocycles. The summed E-state index contributed by atoms with van der Waals surface area (Å²) in [6.45, 7) is 0.701. The van der Waals surface area contributed by atoms with Crippen molar-refractivity contribution in [2.45, 2.75) is 18.9 Å². The highest BCUT2D eigenvalue weighted by Gasteiger charge is 2.45. The number of nitrogens with zero attached hydrogens (tertiary/aromatic N) is 1. The summed E-state index contributed by atoms with van der Waals surface area (Å²) in [5.41, 5.74) is 3.01. The third-order valence-electron chi connectivity index (χ3n) is 6.75. The Kier molecular flexibility index (Phi) is 7.13. The van der Waals surface area contributed by atoms with Gasteiger partial charge in [0.2, 0.25) is 0 Å². The topological polar surface area (TPSA) is 72.4 Å². The van der Waals surface area contributed by atoms with Gasteiger partial charge in [0.1, 0.15) is 24.7 Å². The number of hydrogen-bond acceptors (Lipinski definition) is 7. The molecule has 0 aliphatic carbocycles. The molecule has 38 heavy (non-hydrogen) atoms. The summed E-state index contributed by atoms with van der Waals surface area (Å²) >= 11 is 0. The van der Waals surface area contributed by atoms with Crippen LogP contribution in [0.3, 0.4) is 0 Å². The minimum Gasteiger partial charge on any atom is -0.497 e. The molecular formula is C31H32N2O5. The zero-order valence-electron chi connectivity index (χ0n) is 22.0. The van der Waals surface area contributed by atoms with Crippen LogP contribution in [0.5, 0.6) is 23.0 Å². The van der Waals surface area contributed by atoms with E-state index in [4.69, 9.17) is 18.9 Å². The van der Waals surface area contributed by atoms with Crippen LogP contribution in [0.15, 0.2) is 84.9 Å². The summed E-state index contributed by atoms with van der Waals surface area (Å²) in [6.07, 6.45) is 0. The Labute approximate surface area is 223 Å². The van der Waals surface area contributed by atoms with Crippen LogP contribution in [0.4, 0.5) is 11.4 Å². The van der Waals surface area contributed by atoms with Gasteiger partial charge in [-0.3, -0.25) is 4.90 Å². The van der Waals surface area contributed by atoms with E-state index in [-0.39, 0.29) is 0 Å². The Morgan fingerprint density at radius 2 is 1.39 bits per heavy atom. The SMILES string of the molecule is COc1cc2c(c(OC)c1)C(O)(N(C)C)c1ccc(OCc3ccccc3)c(OCc3ccccc3)c1N2. The lowest BCUT2D eigenvalue weighted by Crippen LogP contribution is -2.45. The first-order valence-corrected chi connectivity index (χ1v) is 12.4. The van der Waals surface area contributed by atoms with Crippen molar-refractivity contribution < 1.29 is 24.1 Å². The number of fused-ring (bicyclic) bond motifs is 2.